The predicted molar refractivity (Wildman–Crippen MR) is 97.1 cm³/mol. The third-order valence-electron chi connectivity index (χ3n) is 3.54. The summed E-state index contributed by atoms with van der Waals surface area (Å²) in [6.45, 7) is 1.87. The molecule has 0 unspecified atom stereocenters. The molecule has 1 aromatic carbocycles. The fraction of sp³-hybridized carbons (Fsp3) is 0.111. The lowest BCUT2D eigenvalue weighted by atomic mass is 10.2. The molecular formula is C18H13ClN4O2. The van der Waals surface area contributed by atoms with Gasteiger partial charge in [-0.3, -0.25) is 9.36 Å². The number of aromatic nitrogens is 4. The zero-order valence-electron chi connectivity index (χ0n) is 13.5. The van der Waals surface area contributed by atoms with Crippen LogP contribution in [-0.2, 0) is 7.05 Å². The van der Waals surface area contributed by atoms with Crippen molar-refractivity contribution >= 4 is 22.8 Å². The number of benzene rings is 1. The summed E-state index contributed by atoms with van der Waals surface area (Å²) in [4.78, 5) is 33.4. The van der Waals surface area contributed by atoms with Crippen molar-refractivity contribution in [1.29, 1.82) is 0 Å². The highest BCUT2D eigenvalue weighted by atomic mass is 35.5. The first-order valence-corrected chi connectivity index (χ1v) is 7.77. The molecule has 2 aromatic heterocycles. The Labute approximate surface area is 148 Å². The number of allylic oxidation sites excluding steroid dienone is 2. The molecule has 3 aromatic rings. The van der Waals surface area contributed by atoms with E-state index in [2.05, 4.69) is 21.8 Å². The maximum absolute atomic E-state index is 12.7. The van der Waals surface area contributed by atoms with Crippen LogP contribution in [0.1, 0.15) is 12.5 Å². The minimum atomic E-state index is -0.569. The highest BCUT2D eigenvalue weighted by molar-refractivity contribution is 6.32. The Balaban J connectivity index is 2.26. The van der Waals surface area contributed by atoms with Crippen LogP contribution in [0, 0.1) is 11.8 Å². The summed E-state index contributed by atoms with van der Waals surface area (Å²) < 4.78 is 2.25. The van der Waals surface area contributed by atoms with Gasteiger partial charge in [-0.05, 0) is 31.2 Å². The summed E-state index contributed by atoms with van der Waals surface area (Å²) in [5.74, 6) is 5.77. The third kappa shape index (κ3) is 2.97. The van der Waals surface area contributed by atoms with Crippen molar-refractivity contribution in [2.24, 2.45) is 7.05 Å². The minimum absolute atomic E-state index is 0.0950. The molecule has 2 heterocycles. The van der Waals surface area contributed by atoms with E-state index in [1.807, 2.05) is 13.0 Å². The Hall–Kier alpha value is -3.17. The van der Waals surface area contributed by atoms with Crippen LogP contribution >= 0.6 is 11.6 Å². The average Bonchev–Trinajstić information content (AvgIpc) is 2.62. The molecule has 0 aliphatic rings. The monoisotopic (exact) mass is 352 g/mol. The van der Waals surface area contributed by atoms with E-state index in [0.29, 0.717) is 5.56 Å². The molecule has 0 fully saturated rings. The second kappa shape index (κ2) is 6.75. The Kier molecular flexibility index (Phi) is 4.50. The molecule has 0 aliphatic heterocycles. The van der Waals surface area contributed by atoms with Crippen molar-refractivity contribution in [3.05, 3.63) is 74.2 Å². The van der Waals surface area contributed by atoms with Gasteiger partial charge < -0.3 is 0 Å². The molecule has 0 saturated carbocycles. The van der Waals surface area contributed by atoms with E-state index in [-0.39, 0.29) is 21.9 Å². The van der Waals surface area contributed by atoms with Gasteiger partial charge >= 0.3 is 5.69 Å². The van der Waals surface area contributed by atoms with Crippen molar-refractivity contribution in [1.82, 2.24) is 19.1 Å². The van der Waals surface area contributed by atoms with Crippen molar-refractivity contribution in [3.63, 3.8) is 0 Å². The van der Waals surface area contributed by atoms with E-state index in [4.69, 9.17) is 11.6 Å². The maximum atomic E-state index is 12.7. The molecule has 25 heavy (non-hydrogen) atoms. The average molecular weight is 353 g/mol. The van der Waals surface area contributed by atoms with E-state index in [0.717, 1.165) is 4.57 Å². The quantitative estimate of drug-likeness (QED) is 0.629. The molecular weight excluding hydrogens is 340 g/mol. The van der Waals surface area contributed by atoms with E-state index in [1.165, 1.54) is 24.0 Å². The number of fused-ring (bicyclic) bond motifs is 1. The largest absolute Gasteiger partial charge is 0.337 e. The molecule has 0 bridgehead atoms. The van der Waals surface area contributed by atoms with E-state index in [1.54, 1.807) is 24.3 Å². The normalized spacial score (nSPS) is 10.8. The second-order valence-electron chi connectivity index (χ2n) is 5.15. The smallest absolute Gasteiger partial charge is 0.279 e. The van der Waals surface area contributed by atoms with Gasteiger partial charge in [0.15, 0.2) is 11.2 Å². The minimum Gasteiger partial charge on any atom is -0.279 e. The number of hydrogen-bond donors (Lipinski definition) is 0. The SMILES string of the molecule is CC=CC#Cc1ccc(-n2c(=O)c3nccnc3n(C)c2=O)c(Cl)c1. The molecule has 0 N–H and O–H groups in total. The Morgan fingerprint density at radius 1 is 1.20 bits per heavy atom. The molecule has 3 rings (SSSR count). The fourth-order valence-electron chi connectivity index (χ4n) is 2.35. The Morgan fingerprint density at radius 2 is 1.96 bits per heavy atom. The molecule has 0 radical (unpaired) electrons. The second-order valence-corrected chi connectivity index (χ2v) is 5.55. The summed E-state index contributed by atoms with van der Waals surface area (Å²) in [6, 6.07) is 4.90. The number of halogens is 1. The van der Waals surface area contributed by atoms with E-state index in [9.17, 15) is 9.59 Å². The van der Waals surface area contributed by atoms with Crippen LogP contribution in [0.25, 0.3) is 16.9 Å². The van der Waals surface area contributed by atoms with E-state index < -0.39 is 11.2 Å². The first-order valence-electron chi connectivity index (χ1n) is 7.40. The Bertz CT molecular complexity index is 1180. The predicted octanol–water partition coefficient (Wildman–Crippen LogP) is 2.06. The van der Waals surface area contributed by atoms with Crippen LogP contribution in [0.2, 0.25) is 5.02 Å². The molecule has 0 spiro atoms. The molecule has 6 nitrogen and oxygen atoms in total. The van der Waals surface area contributed by atoms with Gasteiger partial charge in [-0.25, -0.2) is 19.3 Å². The van der Waals surface area contributed by atoms with Gasteiger partial charge in [-0.2, -0.15) is 0 Å². The topological polar surface area (TPSA) is 69.8 Å². The highest BCUT2D eigenvalue weighted by Crippen LogP contribution is 2.20. The van der Waals surface area contributed by atoms with Crippen molar-refractivity contribution in [2.45, 2.75) is 6.92 Å². The zero-order valence-corrected chi connectivity index (χ0v) is 14.3. The van der Waals surface area contributed by atoms with E-state index >= 15 is 0 Å². The van der Waals surface area contributed by atoms with Gasteiger partial charge in [-0.15, -0.1) is 0 Å². The summed E-state index contributed by atoms with van der Waals surface area (Å²) >= 11 is 6.29. The number of hydrogen-bond acceptors (Lipinski definition) is 4. The zero-order chi connectivity index (χ0) is 18.0. The maximum Gasteiger partial charge on any atom is 0.337 e. The van der Waals surface area contributed by atoms with Gasteiger partial charge in [0.05, 0.1) is 10.7 Å². The lowest BCUT2D eigenvalue weighted by molar-refractivity contribution is 0.760. The summed E-state index contributed by atoms with van der Waals surface area (Å²) in [5.41, 5.74) is 0.151. The van der Waals surface area contributed by atoms with Crippen molar-refractivity contribution in [3.8, 4) is 17.5 Å². The van der Waals surface area contributed by atoms with Crippen LogP contribution in [0.4, 0.5) is 0 Å². The van der Waals surface area contributed by atoms with Crippen LogP contribution < -0.4 is 11.2 Å². The summed E-state index contributed by atoms with van der Waals surface area (Å²) in [7, 11) is 1.53. The molecule has 0 amide bonds. The number of nitrogens with zero attached hydrogens (tertiary/aromatic N) is 4. The van der Waals surface area contributed by atoms with Crippen LogP contribution in [-0.4, -0.2) is 19.1 Å². The Morgan fingerprint density at radius 3 is 2.68 bits per heavy atom. The molecule has 0 atom stereocenters. The van der Waals surface area contributed by atoms with Crippen molar-refractivity contribution in [2.75, 3.05) is 0 Å². The molecule has 7 heteroatoms. The van der Waals surface area contributed by atoms with Crippen LogP contribution in [0.3, 0.4) is 0 Å². The van der Waals surface area contributed by atoms with Gasteiger partial charge in [0, 0.05) is 25.0 Å². The van der Waals surface area contributed by atoms with Gasteiger partial charge in [0.1, 0.15) is 0 Å². The van der Waals surface area contributed by atoms with Gasteiger partial charge in [-0.1, -0.05) is 29.5 Å². The number of aryl methyl sites for hydroxylation is 1. The summed E-state index contributed by atoms with van der Waals surface area (Å²) in [6.07, 6.45) is 6.36. The first-order chi connectivity index (χ1) is 12.0. The molecule has 124 valence electrons. The van der Waals surface area contributed by atoms with Crippen molar-refractivity contribution < 1.29 is 0 Å². The third-order valence-corrected chi connectivity index (χ3v) is 3.84. The van der Waals surface area contributed by atoms with Crippen LogP contribution in [0.15, 0.2) is 52.3 Å². The standard InChI is InChI=1S/C18H13ClN4O2/c1-3-4-5-6-12-7-8-14(13(19)11-12)23-17(24)15-16(21-10-9-20-15)22(2)18(23)25/h3-4,7-11H,1-2H3. The summed E-state index contributed by atoms with van der Waals surface area (Å²) in [5, 5.41) is 0.245. The molecule has 0 saturated heterocycles. The van der Waals surface area contributed by atoms with Gasteiger partial charge in [0.25, 0.3) is 5.56 Å². The highest BCUT2D eigenvalue weighted by Gasteiger charge is 2.16. The molecule has 0 aliphatic carbocycles. The fourth-order valence-corrected chi connectivity index (χ4v) is 2.61. The van der Waals surface area contributed by atoms with Crippen LogP contribution in [0.5, 0.6) is 0 Å². The first kappa shape index (κ1) is 16.7. The lowest BCUT2D eigenvalue weighted by Gasteiger charge is -2.10. The lowest BCUT2D eigenvalue weighted by Crippen LogP contribution is -2.38. The van der Waals surface area contributed by atoms with Gasteiger partial charge in [0.2, 0.25) is 0 Å². The number of rotatable bonds is 1.